The molecule has 166 valence electrons. The van der Waals surface area contributed by atoms with E-state index in [0.717, 1.165) is 31.2 Å². The Labute approximate surface area is 189 Å². The van der Waals surface area contributed by atoms with Crippen molar-refractivity contribution in [2.75, 3.05) is 22.9 Å². The zero-order valence-electron chi connectivity index (χ0n) is 17.3. The molecule has 1 spiro atoms. The number of carbonyl (C=O) groups excluding carboxylic acids is 1. The molecule has 2 saturated heterocycles. The molecule has 0 unspecified atom stereocenters. The zero-order chi connectivity index (χ0) is 22.3. The molecular weight excluding hydrogens is 436 g/mol. The second-order valence-corrected chi connectivity index (χ2v) is 8.79. The Morgan fingerprint density at radius 2 is 1.78 bits per heavy atom. The first-order valence-electron chi connectivity index (χ1n) is 10.7. The fraction of sp³-hybridized carbons (Fsp3) is 0.348. The Balaban J connectivity index is 1.35. The first-order chi connectivity index (χ1) is 15.4. The fourth-order valence-electron chi connectivity index (χ4n) is 4.83. The van der Waals surface area contributed by atoms with E-state index in [1.807, 2.05) is 0 Å². The number of benzene rings is 2. The molecule has 5 rings (SSSR count). The number of anilines is 2. The topological polar surface area (TPSA) is 65.1 Å². The summed E-state index contributed by atoms with van der Waals surface area (Å²) in [5.41, 5.74) is 0.936. The maximum atomic E-state index is 14.1. The quantitative estimate of drug-likeness (QED) is 0.603. The lowest BCUT2D eigenvalue weighted by molar-refractivity contribution is -0.121. The van der Waals surface area contributed by atoms with Crippen molar-refractivity contribution in [3.8, 4) is 11.4 Å². The third kappa shape index (κ3) is 3.72. The van der Waals surface area contributed by atoms with Crippen LogP contribution in [0.4, 0.5) is 20.4 Å². The smallest absolute Gasteiger partial charge is 0.227 e. The zero-order valence-corrected chi connectivity index (χ0v) is 18.1. The van der Waals surface area contributed by atoms with Crippen molar-refractivity contribution in [1.29, 1.82) is 0 Å². The molecule has 6 nitrogen and oxygen atoms in total. The summed E-state index contributed by atoms with van der Waals surface area (Å²) in [5.74, 6) is 0.338. The van der Waals surface area contributed by atoms with Crippen molar-refractivity contribution < 1.29 is 13.6 Å². The number of H-pyrrole nitrogens is 1. The van der Waals surface area contributed by atoms with E-state index in [4.69, 9.17) is 11.6 Å². The number of halogens is 3. The van der Waals surface area contributed by atoms with Crippen molar-refractivity contribution in [2.45, 2.75) is 37.6 Å². The van der Waals surface area contributed by atoms with Crippen molar-refractivity contribution in [1.82, 2.24) is 15.2 Å². The summed E-state index contributed by atoms with van der Waals surface area (Å²) in [6, 6.07) is 10.6. The second kappa shape index (κ2) is 8.16. The molecule has 2 fully saturated rings. The lowest BCUT2D eigenvalue weighted by Gasteiger charge is -2.51. The largest absolute Gasteiger partial charge is 0.341 e. The molecular formula is C23H22ClF2N5O. The van der Waals surface area contributed by atoms with Crippen LogP contribution >= 0.6 is 11.6 Å². The van der Waals surface area contributed by atoms with Crippen LogP contribution in [0.2, 0.25) is 5.02 Å². The molecule has 2 aromatic carbocycles. The molecule has 0 saturated carbocycles. The monoisotopic (exact) mass is 457 g/mol. The first-order valence-corrected chi connectivity index (χ1v) is 11.0. The third-order valence-corrected chi connectivity index (χ3v) is 6.79. The van der Waals surface area contributed by atoms with Gasteiger partial charge in [0, 0.05) is 30.8 Å². The highest BCUT2D eigenvalue weighted by molar-refractivity contribution is 6.30. The van der Waals surface area contributed by atoms with E-state index >= 15 is 0 Å². The van der Waals surface area contributed by atoms with Crippen LogP contribution in [0.5, 0.6) is 0 Å². The van der Waals surface area contributed by atoms with Gasteiger partial charge in [0.2, 0.25) is 11.9 Å². The Kier molecular flexibility index (Phi) is 5.33. The van der Waals surface area contributed by atoms with Crippen molar-refractivity contribution in [3.63, 3.8) is 0 Å². The van der Waals surface area contributed by atoms with Crippen molar-refractivity contribution >= 4 is 29.1 Å². The molecule has 2 aliphatic rings. The van der Waals surface area contributed by atoms with Gasteiger partial charge < -0.3 is 9.80 Å². The van der Waals surface area contributed by atoms with Gasteiger partial charge in [-0.25, -0.2) is 13.9 Å². The maximum absolute atomic E-state index is 14.1. The van der Waals surface area contributed by atoms with Crippen LogP contribution < -0.4 is 9.80 Å². The van der Waals surface area contributed by atoms with Crippen LogP contribution in [-0.2, 0) is 4.79 Å². The van der Waals surface area contributed by atoms with Gasteiger partial charge in [0.05, 0.1) is 10.6 Å². The molecule has 3 heterocycles. The normalized spacial score (nSPS) is 18.4. The van der Waals surface area contributed by atoms with E-state index in [1.165, 1.54) is 24.3 Å². The van der Waals surface area contributed by atoms with E-state index in [2.05, 4.69) is 20.1 Å². The minimum absolute atomic E-state index is 0.0182. The van der Waals surface area contributed by atoms with Crippen LogP contribution in [0.1, 0.15) is 32.1 Å². The Morgan fingerprint density at radius 3 is 2.50 bits per heavy atom. The minimum Gasteiger partial charge on any atom is -0.341 e. The standard InChI is InChI=1S/C23H22ClF2N5O/c24-18-8-7-17(14-19(18)26)31-20(32)2-1-9-23(31)10-12-30(13-11-23)22-27-21(28-29-22)15-3-5-16(25)6-4-15/h3-8,14H,1-2,9-13H2,(H,27,28,29). The summed E-state index contributed by atoms with van der Waals surface area (Å²) in [4.78, 5) is 21.4. The van der Waals surface area contributed by atoms with Gasteiger partial charge >= 0.3 is 0 Å². The molecule has 9 heteroatoms. The number of piperidine rings is 2. The SMILES string of the molecule is O=C1CCCC2(CCN(c3nc(-c4ccc(F)cc4)n[nH]3)CC2)N1c1ccc(Cl)c(F)c1. The number of aromatic nitrogens is 3. The predicted molar refractivity (Wildman–Crippen MR) is 119 cm³/mol. The summed E-state index contributed by atoms with van der Waals surface area (Å²) >= 11 is 5.85. The average molecular weight is 458 g/mol. The second-order valence-electron chi connectivity index (χ2n) is 8.38. The Bertz CT molecular complexity index is 1140. The highest BCUT2D eigenvalue weighted by Crippen LogP contribution is 2.42. The number of rotatable bonds is 3. The lowest BCUT2D eigenvalue weighted by atomic mass is 9.78. The first kappa shape index (κ1) is 20.9. The molecule has 32 heavy (non-hydrogen) atoms. The number of hydrogen-bond acceptors (Lipinski definition) is 4. The van der Waals surface area contributed by atoms with Gasteiger partial charge in [-0.2, -0.15) is 10.1 Å². The van der Waals surface area contributed by atoms with Crippen LogP contribution in [-0.4, -0.2) is 39.7 Å². The summed E-state index contributed by atoms with van der Waals surface area (Å²) in [5, 5.41) is 7.29. The highest BCUT2D eigenvalue weighted by atomic mass is 35.5. The van der Waals surface area contributed by atoms with E-state index in [-0.39, 0.29) is 22.3 Å². The third-order valence-electron chi connectivity index (χ3n) is 6.49. The van der Waals surface area contributed by atoms with Crippen LogP contribution in [0.25, 0.3) is 11.4 Å². The van der Waals surface area contributed by atoms with E-state index in [9.17, 15) is 13.6 Å². The summed E-state index contributed by atoms with van der Waals surface area (Å²) in [6.45, 7) is 1.36. The number of nitrogens with one attached hydrogen (secondary N) is 1. The summed E-state index contributed by atoms with van der Waals surface area (Å²) < 4.78 is 27.3. The molecule has 2 aliphatic heterocycles. The molecule has 1 N–H and O–H groups in total. The maximum Gasteiger partial charge on any atom is 0.227 e. The van der Waals surface area contributed by atoms with E-state index < -0.39 is 5.82 Å². The number of aromatic amines is 1. The highest BCUT2D eigenvalue weighted by Gasteiger charge is 2.45. The number of hydrogen-bond donors (Lipinski definition) is 1. The molecule has 3 aromatic rings. The van der Waals surface area contributed by atoms with Crippen molar-refractivity contribution in [2.24, 2.45) is 0 Å². The Morgan fingerprint density at radius 1 is 1.03 bits per heavy atom. The predicted octanol–water partition coefficient (Wildman–Crippen LogP) is 4.96. The number of carbonyl (C=O) groups is 1. The van der Waals surface area contributed by atoms with Crippen LogP contribution in [0.15, 0.2) is 42.5 Å². The minimum atomic E-state index is -0.523. The average Bonchev–Trinajstić information content (AvgIpc) is 3.27. The molecule has 0 aliphatic carbocycles. The molecule has 0 bridgehead atoms. The van der Waals surface area contributed by atoms with Gasteiger partial charge in [0.25, 0.3) is 0 Å². The lowest BCUT2D eigenvalue weighted by Crippen LogP contribution is -2.60. The van der Waals surface area contributed by atoms with Crippen molar-refractivity contribution in [3.05, 3.63) is 59.1 Å². The summed E-state index contributed by atoms with van der Waals surface area (Å²) in [6.07, 6.45) is 3.61. The molecule has 1 aromatic heterocycles. The van der Waals surface area contributed by atoms with Gasteiger partial charge in [-0.3, -0.25) is 4.79 Å². The van der Waals surface area contributed by atoms with Gasteiger partial charge in [0.1, 0.15) is 11.6 Å². The van der Waals surface area contributed by atoms with Crippen LogP contribution in [0, 0.1) is 11.6 Å². The van der Waals surface area contributed by atoms with Gasteiger partial charge in [-0.15, -0.1) is 0 Å². The molecule has 0 atom stereocenters. The van der Waals surface area contributed by atoms with Crippen LogP contribution in [0.3, 0.4) is 0 Å². The summed E-state index contributed by atoms with van der Waals surface area (Å²) in [7, 11) is 0. The number of amides is 1. The molecule has 0 radical (unpaired) electrons. The molecule has 1 amide bonds. The van der Waals surface area contributed by atoms with E-state index in [1.54, 1.807) is 23.1 Å². The van der Waals surface area contributed by atoms with E-state index in [0.29, 0.717) is 37.0 Å². The fourth-order valence-corrected chi connectivity index (χ4v) is 4.95. The van der Waals surface area contributed by atoms with Gasteiger partial charge in [-0.05, 0) is 68.1 Å². The Hall–Kier alpha value is -3.00. The van der Waals surface area contributed by atoms with Gasteiger partial charge in [-0.1, -0.05) is 11.6 Å². The number of nitrogens with zero attached hydrogens (tertiary/aromatic N) is 4. The van der Waals surface area contributed by atoms with Gasteiger partial charge in [0.15, 0.2) is 5.82 Å².